The van der Waals surface area contributed by atoms with Gasteiger partial charge < -0.3 is 9.47 Å². The lowest BCUT2D eigenvalue weighted by Crippen LogP contribution is -2.08. The number of ether oxygens (including phenoxy) is 2. The summed E-state index contributed by atoms with van der Waals surface area (Å²) >= 11 is 5.81. The third-order valence-corrected chi connectivity index (χ3v) is 4.42. The van der Waals surface area contributed by atoms with Gasteiger partial charge in [0.15, 0.2) is 5.70 Å². The first-order chi connectivity index (χ1) is 14.5. The van der Waals surface area contributed by atoms with Gasteiger partial charge in [0.05, 0.1) is 5.56 Å². The van der Waals surface area contributed by atoms with Crippen molar-refractivity contribution in [1.82, 2.24) is 0 Å². The summed E-state index contributed by atoms with van der Waals surface area (Å²) in [6, 6.07) is 18.5. The normalized spacial score (nSPS) is 14.4. The van der Waals surface area contributed by atoms with E-state index in [9.17, 15) is 14.0 Å². The van der Waals surface area contributed by atoms with Gasteiger partial charge in [0.1, 0.15) is 11.6 Å². The number of carbonyl (C=O) groups excluding carboxylic acids is 2. The highest BCUT2D eigenvalue weighted by atomic mass is 35.5. The summed E-state index contributed by atoms with van der Waals surface area (Å²) in [7, 11) is 0. The molecule has 4 rings (SSSR count). The van der Waals surface area contributed by atoms with E-state index in [0.29, 0.717) is 27.5 Å². The zero-order valence-electron chi connectivity index (χ0n) is 15.3. The van der Waals surface area contributed by atoms with E-state index in [4.69, 9.17) is 21.1 Å². The average molecular weight is 422 g/mol. The van der Waals surface area contributed by atoms with Gasteiger partial charge in [-0.3, -0.25) is 0 Å². The smallest absolute Gasteiger partial charge is 0.363 e. The van der Waals surface area contributed by atoms with Crippen molar-refractivity contribution < 1.29 is 23.5 Å². The molecule has 3 aromatic rings. The summed E-state index contributed by atoms with van der Waals surface area (Å²) in [4.78, 5) is 28.3. The number of nitrogens with zero attached hydrogens (tertiary/aromatic N) is 1. The van der Waals surface area contributed by atoms with Crippen molar-refractivity contribution >= 4 is 35.5 Å². The fourth-order valence-electron chi connectivity index (χ4n) is 2.70. The number of hydrogen-bond acceptors (Lipinski definition) is 5. The van der Waals surface area contributed by atoms with Gasteiger partial charge >= 0.3 is 11.9 Å². The van der Waals surface area contributed by atoms with E-state index in [1.54, 1.807) is 54.6 Å². The highest BCUT2D eigenvalue weighted by Gasteiger charge is 2.24. The van der Waals surface area contributed by atoms with Crippen molar-refractivity contribution in [3.63, 3.8) is 0 Å². The number of benzene rings is 3. The van der Waals surface area contributed by atoms with Crippen molar-refractivity contribution in [2.24, 2.45) is 4.99 Å². The fourth-order valence-corrected chi connectivity index (χ4v) is 2.82. The van der Waals surface area contributed by atoms with Crippen LogP contribution in [-0.4, -0.2) is 17.8 Å². The number of carbonyl (C=O) groups is 2. The predicted octanol–water partition coefficient (Wildman–Crippen LogP) is 5.04. The second-order valence-electron chi connectivity index (χ2n) is 6.31. The van der Waals surface area contributed by atoms with Crippen LogP contribution in [0.2, 0.25) is 5.02 Å². The zero-order valence-corrected chi connectivity index (χ0v) is 16.1. The van der Waals surface area contributed by atoms with Crippen LogP contribution in [0.3, 0.4) is 0 Å². The van der Waals surface area contributed by atoms with E-state index < -0.39 is 17.8 Å². The Morgan fingerprint density at radius 2 is 1.77 bits per heavy atom. The van der Waals surface area contributed by atoms with Crippen molar-refractivity contribution in [2.75, 3.05) is 0 Å². The first kappa shape index (κ1) is 19.5. The number of hydrogen-bond donors (Lipinski definition) is 0. The Kier molecular flexibility index (Phi) is 5.41. The average Bonchev–Trinajstić information content (AvgIpc) is 3.10. The Hall–Kier alpha value is -3.77. The lowest BCUT2D eigenvalue weighted by Gasteiger charge is -2.05. The van der Waals surface area contributed by atoms with E-state index in [1.165, 1.54) is 24.3 Å². The summed E-state index contributed by atoms with van der Waals surface area (Å²) in [5.41, 5.74) is 1.48. The molecule has 1 aliphatic rings. The van der Waals surface area contributed by atoms with Crippen molar-refractivity contribution in [3.8, 4) is 5.75 Å². The maximum Gasteiger partial charge on any atom is 0.363 e. The van der Waals surface area contributed by atoms with E-state index in [-0.39, 0.29) is 11.6 Å². The molecule has 0 aromatic heterocycles. The standard InChI is InChI=1S/C23H13ClFNO4/c24-17-8-6-15(7-9-17)22(27)29-19-10-4-14(5-11-19)12-20-23(28)30-21(26-20)16-2-1-3-18(25)13-16/h1-13H. The maximum absolute atomic E-state index is 13.4. The summed E-state index contributed by atoms with van der Waals surface area (Å²) in [5, 5.41) is 0.526. The van der Waals surface area contributed by atoms with Crippen molar-refractivity contribution in [1.29, 1.82) is 0 Å². The van der Waals surface area contributed by atoms with Gasteiger partial charge in [-0.25, -0.2) is 19.0 Å². The minimum Gasteiger partial charge on any atom is -0.423 e. The Bertz CT molecular complexity index is 1180. The highest BCUT2D eigenvalue weighted by Crippen LogP contribution is 2.21. The minimum atomic E-state index is -0.632. The third kappa shape index (κ3) is 4.45. The van der Waals surface area contributed by atoms with Crippen molar-refractivity contribution in [3.05, 3.63) is 106 Å². The topological polar surface area (TPSA) is 65.0 Å². The van der Waals surface area contributed by atoms with Crippen LogP contribution >= 0.6 is 11.6 Å². The SMILES string of the molecule is O=C1OC(c2cccc(F)c2)=NC1=Cc1ccc(OC(=O)c2ccc(Cl)cc2)cc1. The molecule has 0 amide bonds. The molecule has 0 unspecified atom stereocenters. The molecule has 1 aliphatic heterocycles. The number of halogens is 2. The molecule has 0 fully saturated rings. The molecule has 3 aromatic carbocycles. The molecule has 0 radical (unpaired) electrons. The van der Waals surface area contributed by atoms with E-state index >= 15 is 0 Å². The van der Waals surface area contributed by atoms with Gasteiger partial charge in [-0.15, -0.1) is 0 Å². The largest absolute Gasteiger partial charge is 0.423 e. The second kappa shape index (κ2) is 8.31. The van der Waals surface area contributed by atoms with Crippen LogP contribution in [0.1, 0.15) is 21.5 Å². The van der Waals surface area contributed by atoms with Crippen LogP contribution in [0.25, 0.3) is 6.08 Å². The molecule has 0 N–H and O–H groups in total. The Morgan fingerprint density at radius 1 is 1.03 bits per heavy atom. The molecule has 30 heavy (non-hydrogen) atoms. The molecule has 5 nitrogen and oxygen atoms in total. The van der Waals surface area contributed by atoms with Gasteiger partial charge in [0.2, 0.25) is 5.90 Å². The lowest BCUT2D eigenvalue weighted by atomic mass is 10.2. The van der Waals surface area contributed by atoms with Gasteiger partial charge in [0.25, 0.3) is 0 Å². The minimum absolute atomic E-state index is 0.0410. The van der Waals surface area contributed by atoms with Crippen LogP contribution in [0.15, 0.2) is 83.5 Å². The maximum atomic E-state index is 13.4. The van der Waals surface area contributed by atoms with E-state index in [0.717, 1.165) is 0 Å². The van der Waals surface area contributed by atoms with E-state index in [2.05, 4.69) is 4.99 Å². The molecular weight excluding hydrogens is 409 g/mol. The molecule has 0 atom stereocenters. The van der Waals surface area contributed by atoms with Crippen LogP contribution < -0.4 is 4.74 Å². The Morgan fingerprint density at radius 3 is 2.47 bits per heavy atom. The first-order valence-electron chi connectivity index (χ1n) is 8.84. The number of cyclic esters (lactones) is 1. The van der Waals surface area contributed by atoms with Gasteiger partial charge in [-0.1, -0.05) is 29.8 Å². The van der Waals surface area contributed by atoms with Crippen LogP contribution in [-0.2, 0) is 9.53 Å². The summed E-state index contributed by atoms with van der Waals surface area (Å²) in [6.45, 7) is 0. The molecule has 7 heteroatoms. The quantitative estimate of drug-likeness (QED) is 0.336. The number of esters is 2. The summed E-state index contributed by atoms with van der Waals surface area (Å²) in [6.07, 6.45) is 1.53. The molecule has 0 saturated heterocycles. The molecule has 0 spiro atoms. The van der Waals surface area contributed by atoms with E-state index in [1.807, 2.05) is 0 Å². The van der Waals surface area contributed by atoms with Gasteiger partial charge in [-0.05, 0) is 66.2 Å². The monoisotopic (exact) mass is 421 g/mol. The Labute approximate surface area is 176 Å². The lowest BCUT2D eigenvalue weighted by molar-refractivity contribution is -0.129. The molecular formula is C23H13ClFNO4. The third-order valence-electron chi connectivity index (χ3n) is 4.17. The first-order valence-corrected chi connectivity index (χ1v) is 9.22. The summed E-state index contributed by atoms with van der Waals surface area (Å²) < 4.78 is 23.8. The van der Waals surface area contributed by atoms with Crippen molar-refractivity contribution in [2.45, 2.75) is 0 Å². The molecule has 0 aliphatic carbocycles. The second-order valence-corrected chi connectivity index (χ2v) is 6.75. The predicted molar refractivity (Wildman–Crippen MR) is 110 cm³/mol. The highest BCUT2D eigenvalue weighted by molar-refractivity contribution is 6.30. The van der Waals surface area contributed by atoms with Crippen LogP contribution in [0.5, 0.6) is 5.75 Å². The van der Waals surface area contributed by atoms with Gasteiger partial charge in [-0.2, -0.15) is 0 Å². The van der Waals surface area contributed by atoms with Crippen LogP contribution in [0.4, 0.5) is 4.39 Å². The number of aliphatic imine (C=N–C) groups is 1. The van der Waals surface area contributed by atoms with Gasteiger partial charge in [0, 0.05) is 10.6 Å². The molecule has 0 bridgehead atoms. The number of rotatable bonds is 4. The summed E-state index contributed by atoms with van der Waals surface area (Å²) in [5.74, 6) is -1.21. The zero-order chi connectivity index (χ0) is 21.1. The molecule has 148 valence electrons. The van der Waals surface area contributed by atoms with Crippen LogP contribution in [0, 0.1) is 5.82 Å². The molecule has 0 saturated carbocycles. The molecule has 1 heterocycles. The fraction of sp³-hybridized carbons (Fsp3) is 0. The Balaban J connectivity index is 1.48.